The fourth-order valence-electron chi connectivity index (χ4n) is 3.72. The average molecular weight is 441 g/mol. The zero-order valence-corrected chi connectivity index (χ0v) is 18.7. The lowest BCUT2D eigenvalue weighted by molar-refractivity contribution is -0.139. The summed E-state index contributed by atoms with van der Waals surface area (Å²) in [6.07, 6.45) is 0.627. The molecule has 2 aromatic rings. The molecular weight excluding hydrogens is 413 g/mol. The number of aliphatic hydroxyl groups is 1. The van der Waals surface area contributed by atoms with Crippen LogP contribution < -0.4 is 9.47 Å². The van der Waals surface area contributed by atoms with E-state index >= 15 is 0 Å². The second kappa shape index (κ2) is 9.85. The van der Waals surface area contributed by atoms with E-state index in [1.165, 1.54) is 24.1 Å². The minimum atomic E-state index is -0.813. The highest BCUT2D eigenvalue weighted by molar-refractivity contribution is 6.46. The van der Waals surface area contributed by atoms with Crippen molar-refractivity contribution in [3.8, 4) is 11.5 Å². The number of aliphatic hydroxyl groups excluding tert-OH is 1. The maximum atomic E-state index is 13.9. The first kappa shape index (κ1) is 23.3. The van der Waals surface area contributed by atoms with Gasteiger partial charge in [-0.15, -0.1) is 0 Å². The quantitative estimate of drug-likeness (QED) is 0.365. The maximum Gasteiger partial charge on any atom is 0.295 e. The number of likely N-dealkylation sites (tertiary alicyclic amines) is 1. The lowest BCUT2D eigenvalue weighted by Crippen LogP contribution is -2.30. The summed E-state index contributed by atoms with van der Waals surface area (Å²) in [5.74, 6) is -1.35. The largest absolute Gasteiger partial charge is 0.507 e. The maximum absolute atomic E-state index is 13.9. The van der Waals surface area contributed by atoms with Crippen LogP contribution in [0.2, 0.25) is 0 Å². The van der Waals surface area contributed by atoms with Gasteiger partial charge in [0.1, 0.15) is 23.1 Å². The van der Waals surface area contributed by atoms with E-state index in [9.17, 15) is 19.1 Å². The number of carbonyl (C=O) groups excluding carboxylic acids is 2. The predicted octanol–water partition coefficient (Wildman–Crippen LogP) is 4.70. The van der Waals surface area contributed by atoms with Gasteiger partial charge in [-0.3, -0.25) is 9.59 Å². The lowest BCUT2D eigenvalue weighted by Gasteiger charge is -2.25. The van der Waals surface area contributed by atoms with Crippen molar-refractivity contribution in [3.63, 3.8) is 0 Å². The summed E-state index contributed by atoms with van der Waals surface area (Å²) < 4.78 is 24.9. The summed E-state index contributed by atoms with van der Waals surface area (Å²) in [6.45, 7) is 6.89. The van der Waals surface area contributed by atoms with Crippen LogP contribution in [-0.2, 0) is 9.59 Å². The van der Waals surface area contributed by atoms with Gasteiger partial charge in [-0.1, -0.05) is 32.9 Å². The SMILES string of the molecule is CCCN1C(=O)C(=O)/C(=C(/O)c2cc(F)ccc2OC)C1c1ccc(OCC(C)C)cc1. The molecule has 6 nitrogen and oxygen atoms in total. The Kier molecular flexibility index (Phi) is 7.18. The third-order valence-corrected chi connectivity index (χ3v) is 5.20. The lowest BCUT2D eigenvalue weighted by atomic mass is 9.95. The average Bonchev–Trinajstić information content (AvgIpc) is 3.02. The van der Waals surface area contributed by atoms with Gasteiger partial charge in [-0.05, 0) is 48.2 Å². The van der Waals surface area contributed by atoms with Gasteiger partial charge in [0.05, 0.1) is 30.9 Å². The molecule has 1 saturated heterocycles. The van der Waals surface area contributed by atoms with Gasteiger partial charge >= 0.3 is 0 Å². The van der Waals surface area contributed by atoms with Crippen LogP contribution in [0.4, 0.5) is 4.39 Å². The number of ether oxygens (including phenoxy) is 2. The first-order valence-electron chi connectivity index (χ1n) is 10.6. The van der Waals surface area contributed by atoms with Crippen molar-refractivity contribution in [3.05, 3.63) is 65.0 Å². The molecule has 1 atom stereocenters. The number of rotatable bonds is 8. The molecule has 1 amide bonds. The van der Waals surface area contributed by atoms with Crippen molar-refractivity contribution in [1.29, 1.82) is 0 Å². The van der Waals surface area contributed by atoms with Gasteiger partial charge < -0.3 is 19.5 Å². The highest BCUT2D eigenvalue weighted by Gasteiger charge is 2.46. The zero-order valence-electron chi connectivity index (χ0n) is 18.7. The molecule has 32 heavy (non-hydrogen) atoms. The summed E-state index contributed by atoms with van der Waals surface area (Å²) >= 11 is 0. The first-order valence-corrected chi connectivity index (χ1v) is 10.6. The fraction of sp³-hybridized carbons (Fsp3) is 0.360. The van der Waals surface area contributed by atoms with Crippen molar-refractivity contribution in [2.24, 2.45) is 5.92 Å². The summed E-state index contributed by atoms with van der Waals surface area (Å²) in [5.41, 5.74) is 0.568. The molecule has 0 saturated carbocycles. The highest BCUT2D eigenvalue weighted by atomic mass is 19.1. The molecular formula is C25H28FNO5. The Labute approximate surface area is 187 Å². The monoisotopic (exact) mass is 441 g/mol. The van der Waals surface area contributed by atoms with E-state index < -0.39 is 29.3 Å². The first-order chi connectivity index (χ1) is 15.3. The number of benzene rings is 2. The molecule has 0 spiro atoms. The smallest absolute Gasteiger partial charge is 0.295 e. The Morgan fingerprint density at radius 3 is 2.44 bits per heavy atom. The molecule has 0 aromatic heterocycles. The Bertz CT molecular complexity index is 1030. The van der Waals surface area contributed by atoms with Crippen molar-refractivity contribution in [2.45, 2.75) is 33.2 Å². The topological polar surface area (TPSA) is 76.1 Å². The van der Waals surface area contributed by atoms with Crippen molar-refractivity contribution in [1.82, 2.24) is 4.90 Å². The third-order valence-electron chi connectivity index (χ3n) is 5.20. The van der Waals surface area contributed by atoms with Crippen LogP contribution in [0.15, 0.2) is 48.0 Å². The van der Waals surface area contributed by atoms with Gasteiger partial charge in [-0.2, -0.15) is 0 Å². The second-order valence-electron chi connectivity index (χ2n) is 8.11. The van der Waals surface area contributed by atoms with E-state index in [0.29, 0.717) is 36.8 Å². The number of halogens is 1. The Morgan fingerprint density at radius 2 is 1.84 bits per heavy atom. The van der Waals surface area contributed by atoms with E-state index in [1.807, 2.05) is 20.8 Å². The number of Topliss-reactive ketones (excluding diaryl/α,β-unsaturated/α-hetero) is 1. The summed E-state index contributed by atoms with van der Waals surface area (Å²) in [5, 5.41) is 11.1. The summed E-state index contributed by atoms with van der Waals surface area (Å²) in [4.78, 5) is 27.2. The molecule has 170 valence electrons. The van der Waals surface area contributed by atoms with Crippen molar-refractivity contribution >= 4 is 17.4 Å². The van der Waals surface area contributed by atoms with E-state index in [1.54, 1.807) is 24.3 Å². The highest BCUT2D eigenvalue weighted by Crippen LogP contribution is 2.41. The number of methoxy groups -OCH3 is 1. The number of ketones is 1. The molecule has 2 aromatic carbocycles. The minimum Gasteiger partial charge on any atom is -0.507 e. The zero-order chi connectivity index (χ0) is 23.4. The van der Waals surface area contributed by atoms with E-state index in [2.05, 4.69) is 0 Å². The Hall–Kier alpha value is -3.35. The van der Waals surface area contributed by atoms with Gasteiger partial charge in [0.25, 0.3) is 11.7 Å². The van der Waals surface area contributed by atoms with Gasteiger partial charge in [0.2, 0.25) is 0 Å². The molecule has 1 N–H and O–H groups in total. The predicted molar refractivity (Wildman–Crippen MR) is 119 cm³/mol. The normalized spacial score (nSPS) is 17.8. The molecule has 0 radical (unpaired) electrons. The molecule has 1 aliphatic rings. The van der Waals surface area contributed by atoms with Crippen molar-refractivity contribution in [2.75, 3.05) is 20.3 Å². The number of amides is 1. The van der Waals surface area contributed by atoms with E-state index in [4.69, 9.17) is 9.47 Å². The number of nitrogens with zero attached hydrogens (tertiary/aromatic N) is 1. The van der Waals surface area contributed by atoms with Crippen LogP contribution in [0.1, 0.15) is 44.4 Å². The molecule has 7 heteroatoms. The molecule has 1 aliphatic heterocycles. The van der Waals surface area contributed by atoms with Gasteiger partial charge in [0.15, 0.2) is 0 Å². The molecule has 1 fully saturated rings. The van der Waals surface area contributed by atoms with Gasteiger partial charge in [-0.25, -0.2) is 4.39 Å². The van der Waals surface area contributed by atoms with E-state index in [-0.39, 0.29) is 16.9 Å². The van der Waals surface area contributed by atoms with Crippen LogP contribution in [0.3, 0.4) is 0 Å². The van der Waals surface area contributed by atoms with Crippen LogP contribution in [0, 0.1) is 11.7 Å². The van der Waals surface area contributed by atoms with Gasteiger partial charge in [0, 0.05) is 6.54 Å². The van der Waals surface area contributed by atoms with Crippen LogP contribution in [0.5, 0.6) is 11.5 Å². The van der Waals surface area contributed by atoms with Crippen LogP contribution >= 0.6 is 0 Å². The molecule has 1 heterocycles. The Morgan fingerprint density at radius 1 is 1.16 bits per heavy atom. The van der Waals surface area contributed by atoms with E-state index in [0.717, 1.165) is 6.07 Å². The third kappa shape index (κ3) is 4.61. The second-order valence-corrected chi connectivity index (χ2v) is 8.11. The standard InChI is InChI=1S/C25H28FNO5/c1-5-12-27-22(16-6-9-18(10-7-16)32-14-15(2)3)21(24(29)25(27)30)23(28)19-13-17(26)8-11-20(19)31-4/h6-11,13,15,22,28H,5,12,14H2,1-4H3/b23-21+. The summed E-state index contributed by atoms with van der Waals surface area (Å²) in [6, 6.07) is 9.92. The van der Waals surface area contributed by atoms with Crippen LogP contribution in [-0.4, -0.2) is 42.0 Å². The molecule has 1 unspecified atom stereocenters. The summed E-state index contributed by atoms with van der Waals surface area (Å²) in [7, 11) is 1.38. The van der Waals surface area contributed by atoms with Crippen molar-refractivity contribution < 1.29 is 28.6 Å². The molecule has 0 bridgehead atoms. The number of hydrogen-bond acceptors (Lipinski definition) is 5. The number of hydrogen-bond donors (Lipinski definition) is 1. The fourth-order valence-corrected chi connectivity index (χ4v) is 3.72. The van der Waals surface area contributed by atoms with Crippen LogP contribution in [0.25, 0.3) is 5.76 Å². The molecule has 0 aliphatic carbocycles. The number of carbonyl (C=O) groups is 2. The molecule has 3 rings (SSSR count). The Balaban J connectivity index is 2.11. The minimum absolute atomic E-state index is 0.0175.